The SMILES string of the molecule is Oc1cc(O)c2c(c1)OC(c1ccc(O)c(O)c1)C(NCc1ccc(O)c(O)c1)C2. The summed E-state index contributed by atoms with van der Waals surface area (Å²) in [6.45, 7) is 0.330. The molecule has 4 rings (SSSR count). The maximum atomic E-state index is 10.2. The second-order valence-electron chi connectivity index (χ2n) is 7.24. The van der Waals surface area contributed by atoms with E-state index in [2.05, 4.69) is 5.32 Å². The van der Waals surface area contributed by atoms with Crippen molar-refractivity contribution in [2.24, 2.45) is 0 Å². The van der Waals surface area contributed by atoms with E-state index in [4.69, 9.17) is 4.74 Å². The van der Waals surface area contributed by atoms with Gasteiger partial charge >= 0.3 is 0 Å². The van der Waals surface area contributed by atoms with Gasteiger partial charge in [-0.15, -0.1) is 0 Å². The minimum absolute atomic E-state index is 0.0916. The molecule has 2 unspecified atom stereocenters. The van der Waals surface area contributed by atoms with Gasteiger partial charge in [0, 0.05) is 24.2 Å². The summed E-state index contributed by atoms with van der Waals surface area (Å²) in [4.78, 5) is 0. The third-order valence-electron chi connectivity index (χ3n) is 5.15. The van der Waals surface area contributed by atoms with E-state index in [1.165, 1.54) is 36.4 Å². The molecule has 0 aliphatic carbocycles. The van der Waals surface area contributed by atoms with Crippen molar-refractivity contribution in [2.45, 2.75) is 25.1 Å². The van der Waals surface area contributed by atoms with Crippen molar-refractivity contribution in [3.05, 3.63) is 65.2 Å². The van der Waals surface area contributed by atoms with Crippen LogP contribution in [0.3, 0.4) is 0 Å². The van der Waals surface area contributed by atoms with Crippen molar-refractivity contribution >= 4 is 0 Å². The molecule has 0 amide bonds. The molecule has 0 bridgehead atoms. The molecule has 30 heavy (non-hydrogen) atoms. The smallest absolute Gasteiger partial charge is 0.157 e. The summed E-state index contributed by atoms with van der Waals surface area (Å²) in [5.74, 6) is -0.887. The van der Waals surface area contributed by atoms with Crippen LogP contribution in [0.25, 0.3) is 0 Å². The Balaban J connectivity index is 1.66. The monoisotopic (exact) mass is 411 g/mol. The Labute approximate surface area is 171 Å². The van der Waals surface area contributed by atoms with E-state index in [1.807, 2.05) is 0 Å². The van der Waals surface area contributed by atoms with E-state index < -0.39 is 6.10 Å². The van der Waals surface area contributed by atoms with Crippen molar-refractivity contribution in [2.75, 3.05) is 0 Å². The Morgan fingerprint density at radius 2 is 1.47 bits per heavy atom. The topological polar surface area (TPSA) is 143 Å². The number of fused-ring (bicyclic) bond motifs is 1. The number of aromatic hydroxyl groups is 6. The van der Waals surface area contributed by atoms with Gasteiger partial charge in [0.2, 0.25) is 0 Å². The van der Waals surface area contributed by atoms with Crippen molar-refractivity contribution in [1.29, 1.82) is 0 Å². The summed E-state index contributed by atoms with van der Waals surface area (Å²) >= 11 is 0. The Hall–Kier alpha value is -3.78. The van der Waals surface area contributed by atoms with Gasteiger partial charge in [0.05, 0.1) is 6.04 Å². The largest absolute Gasteiger partial charge is 0.508 e. The second-order valence-corrected chi connectivity index (χ2v) is 7.24. The molecule has 0 radical (unpaired) electrons. The molecule has 0 spiro atoms. The highest BCUT2D eigenvalue weighted by Gasteiger charge is 2.33. The van der Waals surface area contributed by atoms with E-state index >= 15 is 0 Å². The number of phenols is 6. The molecule has 8 heteroatoms. The van der Waals surface area contributed by atoms with Crippen LogP contribution in [0.4, 0.5) is 0 Å². The van der Waals surface area contributed by atoms with Crippen molar-refractivity contribution in [3.8, 4) is 40.2 Å². The minimum atomic E-state index is -0.601. The normalized spacial score (nSPS) is 17.9. The number of phenolic OH excluding ortho intramolecular Hbond substituents is 6. The lowest BCUT2D eigenvalue weighted by Crippen LogP contribution is -2.41. The van der Waals surface area contributed by atoms with Crippen LogP contribution in [0.2, 0.25) is 0 Å². The highest BCUT2D eigenvalue weighted by molar-refractivity contribution is 5.52. The van der Waals surface area contributed by atoms with Gasteiger partial charge in [-0.05, 0) is 41.8 Å². The Kier molecular flexibility index (Phi) is 4.93. The lowest BCUT2D eigenvalue weighted by atomic mass is 9.91. The zero-order chi connectivity index (χ0) is 21.4. The van der Waals surface area contributed by atoms with Gasteiger partial charge in [-0.1, -0.05) is 12.1 Å². The average Bonchev–Trinajstić information content (AvgIpc) is 2.70. The van der Waals surface area contributed by atoms with E-state index in [0.29, 0.717) is 29.8 Å². The molecule has 0 fully saturated rings. The molecule has 156 valence electrons. The molecular formula is C22H21NO7. The van der Waals surface area contributed by atoms with Crippen LogP contribution in [0.5, 0.6) is 40.2 Å². The number of benzene rings is 3. The zero-order valence-electron chi connectivity index (χ0n) is 15.8. The molecular weight excluding hydrogens is 390 g/mol. The highest BCUT2D eigenvalue weighted by Crippen LogP contribution is 2.43. The van der Waals surface area contributed by atoms with Crippen LogP contribution in [0.15, 0.2) is 48.5 Å². The average molecular weight is 411 g/mol. The van der Waals surface area contributed by atoms with E-state index in [9.17, 15) is 30.6 Å². The van der Waals surface area contributed by atoms with Gasteiger partial charge in [-0.3, -0.25) is 0 Å². The van der Waals surface area contributed by atoms with E-state index in [-0.39, 0.29) is 40.5 Å². The highest BCUT2D eigenvalue weighted by atomic mass is 16.5. The molecule has 1 aliphatic rings. The molecule has 3 aromatic rings. The van der Waals surface area contributed by atoms with Crippen molar-refractivity contribution in [1.82, 2.24) is 5.32 Å². The fourth-order valence-corrected chi connectivity index (χ4v) is 3.60. The quantitative estimate of drug-likeness (QED) is 0.325. The van der Waals surface area contributed by atoms with Gasteiger partial charge in [0.15, 0.2) is 23.0 Å². The standard InChI is InChI=1S/C22H21NO7/c24-13-7-18(27)14-9-15(23-10-11-1-3-16(25)19(28)5-11)22(30-21(14)8-13)12-2-4-17(26)20(29)6-12/h1-8,15,22-29H,9-10H2. The summed E-state index contributed by atoms with van der Waals surface area (Å²) in [6.07, 6.45) is -0.242. The van der Waals surface area contributed by atoms with Crippen LogP contribution in [-0.2, 0) is 13.0 Å². The van der Waals surface area contributed by atoms with Crippen LogP contribution >= 0.6 is 0 Å². The predicted molar refractivity (Wildman–Crippen MR) is 107 cm³/mol. The second kappa shape index (κ2) is 7.57. The fourth-order valence-electron chi connectivity index (χ4n) is 3.60. The molecule has 3 aromatic carbocycles. The van der Waals surface area contributed by atoms with Crippen LogP contribution in [0.1, 0.15) is 22.8 Å². The number of rotatable bonds is 4. The minimum Gasteiger partial charge on any atom is -0.508 e. The number of hydrogen-bond acceptors (Lipinski definition) is 8. The summed E-state index contributed by atoms with van der Waals surface area (Å²) in [7, 11) is 0. The molecule has 0 saturated carbocycles. The van der Waals surface area contributed by atoms with Gasteiger partial charge < -0.3 is 40.7 Å². The van der Waals surface area contributed by atoms with Gasteiger partial charge in [0.25, 0.3) is 0 Å². The summed E-state index contributed by atoms with van der Waals surface area (Å²) in [5.41, 5.74) is 1.83. The third-order valence-corrected chi connectivity index (χ3v) is 5.15. The summed E-state index contributed by atoms with van der Waals surface area (Å²) in [5, 5.41) is 62.1. The fraction of sp³-hybridized carbons (Fsp3) is 0.182. The van der Waals surface area contributed by atoms with E-state index in [1.54, 1.807) is 12.1 Å². The first-order chi connectivity index (χ1) is 14.3. The molecule has 0 aromatic heterocycles. The zero-order valence-corrected chi connectivity index (χ0v) is 15.8. The summed E-state index contributed by atoms with van der Waals surface area (Å²) in [6, 6.07) is 11.2. The first-order valence-electron chi connectivity index (χ1n) is 9.29. The van der Waals surface area contributed by atoms with Crippen molar-refractivity contribution < 1.29 is 35.4 Å². The Bertz CT molecular complexity index is 1100. The lowest BCUT2D eigenvalue weighted by molar-refractivity contribution is 0.130. The first-order valence-corrected chi connectivity index (χ1v) is 9.29. The molecule has 8 nitrogen and oxygen atoms in total. The molecule has 1 aliphatic heterocycles. The Morgan fingerprint density at radius 3 is 2.17 bits per heavy atom. The molecule has 7 N–H and O–H groups in total. The Morgan fingerprint density at radius 1 is 0.767 bits per heavy atom. The predicted octanol–water partition coefficient (Wildman–Crippen LogP) is 2.75. The maximum Gasteiger partial charge on any atom is 0.157 e. The van der Waals surface area contributed by atoms with Crippen LogP contribution < -0.4 is 10.1 Å². The van der Waals surface area contributed by atoms with Crippen LogP contribution in [-0.4, -0.2) is 36.7 Å². The van der Waals surface area contributed by atoms with Gasteiger partial charge in [0.1, 0.15) is 23.4 Å². The van der Waals surface area contributed by atoms with Crippen LogP contribution in [0, 0.1) is 0 Å². The van der Waals surface area contributed by atoms with Gasteiger partial charge in [-0.25, -0.2) is 0 Å². The van der Waals surface area contributed by atoms with E-state index in [0.717, 1.165) is 5.56 Å². The summed E-state index contributed by atoms with van der Waals surface area (Å²) < 4.78 is 6.05. The van der Waals surface area contributed by atoms with Crippen molar-refractivity contribution in [3.63, 3.8) is 0 Å². The van der Waals surface area contributed by atoms with Gasteiger partial charge in [-0.2, -0.15) is 0 Å². The lowest BCUT2D eigenvalue weighted by Gasteiger charge is -2.35. The number of ether oxygens (including phenoxy) is 1. The number of nitrogens with one attached hydrogen (secondary N) is 1. The third kappa shape index (κ3) is 3.72. The molecule has 2 atom stereocenters. The molecule has 1 heterocycles. The molecule has 0 saturated heterocycles. The first kappa shape index (κ1) is 19.5. The number of hydrogen-bond donors (Lipinski definition) is 7. The maximum absolute atomic E-state index is 10.2.